The van der Waals surface area contributed by atoms with E-state index in [-0.39, 0.29) is 11.7 Å². The molecule has 0 fully saturated rings. The molecule has 1 aliphatic carbocycles. The highest BCUT2D eigenvalue weighted by atomic mass is 16.4. The molecule has 1 rings (SSSR count). The molecule has 1 aliphatic rings. The zero-order valence-corrected chi connectivity index (χ0v) is 8.62. The number of carbonyl (C=O) groups is 2. The highest BCUT2D eigenvalue weighted by Crippen LogP contribution is 2.30. The Morgan fingerprint density at radius 1 is 1.64 bits per heavy atom. The van der Waals surface area contributed by atoms with Crippen molar-refractivity contribution >= 4 is 11.8 Å². The van der Waals surface area contributed by atoms with Gasteiger partial charge in [0.15, 0.2) is 5.78 Å². The van der Waals surface area contributed by atoms with E-state index >= 15 is 0 Å². The Kier molecular flexibility index (Phi) is 3.44. The summed E-state index contributed by atoms with van der Waals surface area (Å²) in [5, 5.41) is 8.94. The van der Waals surface area contributed by atoms with Gasteiger partial charge in [-0.05, 0) is 31.8 Å². The summed E-state index contributed by atoms with van der Waals surface area (Å²) in [5.74, 6) is -2.02. The van der Waals surface area contributed by atoms with E-state index in [4.69, 9.17) is 5.11 Å². The molecule has 0 aromatic rings. The zero-order valence-electron chi connectivity index (χ0n) is 8.62. The van der Waals surface area contributed by atoms with Crippen LogP contribution in [0.4, 0.5) is 0 Å². The Hall–Kier alpha value is -1.12. The lowest BCUT2D eigenvalue weighted by molar-refractivity contribution is -0.147. The molecule has 2 unspecified atom stereocenters. The molecule has 1 N–H and O–H groups in total. The maximum absolute atomic E-state index is 11.5. The second-order valence-corrected chi connectivity index (χ2v) is 3.96. The average molecular weight is 196 g/mol. The van der Waals surface area contributed by atoms with Crippen molar-refractivity contribution in [3.8, 4) is 0 Å². The molecule has 0 saturated heterocycles. The number of carbonyl (C=O) groups excluding carboxylic acids is 1. The first-order chi connectivity index (χ1) is 6.56. The molecule has 0 spiro atoms. The third-order valence-electron chi connectivity index (χ3n) is 2.68. The summed E-state index contributed by atoms with van der Waals surface area (Å²) < 4.78 is 0. The molecule has 0 amide bonds. The molecule has 0 bridgehead atoms. The molecule has 78 valence electrons. The van der Waals surface area contributed by atoms with Crippen LogP contribution in [0.3, 0.4) is 0 Å². The summed E-state index contributed by atoms with van der Waals surface area (Å²) in [6, 6.07) is 0. The highest BCUT2D eigenvalue weighted by molar-refractivity contribution is 6.05. The summed E-state index contributed by atoms with van der Waals surface area (Å²) >= 11 is 0. The van der Waals surface area contributed by atoms with E-state index in [0.29, 0.717) is 0 Å². The second-order valence-electron chi connectivity index (χ2n) is 3.96. The molecule has 3 nitrogen and oxygen atoms in total. The minimum atomic E-state index is -0.975. The standard InChI is InChI=1S/C11H16O3/c1-3-4-8-5-7(2)6-9(12)10(8)11(13)14/h6,8,10H,3-5H2,1-2H3,(H,13,14). The van der Waals surface area contributed by atoms with Crippen molar-refractivity contribution in [3.05, 3.63) is 11.6 Å². The summed E-state index contributed by atoms with van der Waals surface area (Å²) in [6.45, 7) is 3.90. The number of rotatable bonds is 3. The zero-order chi connectivity index (χ0) is 10.7. The second kappa shape index (κ2) is 4.40. The van der Waals surface area contributed by atoms with Crippen molar-refractivity contribution < 1.29 is 14.7 Å². The van der Waals surface area contributed by atoms with Crippen molar-refractivity contribution in [3.63, 3.8) is 0 Å². The lowest BCUT2D eigenvalue weighted by atomic mass is 9.77. The van der Waals surface area contributed by atoms with E-state index < -0.39 is 11.9 Å². The van der Waals surface area contributed by atoms with Crippen LogP contribution in [0.15, 0.2) is 11.6 Å². The number of carboxylic acids is 1. The molecule has 0 aromatic heterocycles. The quantitative estimate of drug-likeness (QED) is 0.702. The minimum absolute atomic E-state index is 0.00463. The summed E-state index contributed by atoms with van der Waals surface area (Å²) in [5.41, 5.74) is 1.01. The Labute approximate surface area is 83.8 Å². The minimum Gasteiger partial charge on any atom is -0.481 e. The van der Waals surface area contributed by atoms with Gasteiger partial charge < -0.3 is 5.11 Å². The van der Waals surface area contributed by atoms with Gasteiger partial charge in [0.25, 0.3) is 0 Å². The number of carboxylic acid groups (broad SMARTS) is 1. The Morgan fingerprint density at radius 3 is 2.79 bits per heavy atom. The first kappa shape index (κ1) is 11.0. The third kappa shape index (κ3) is 2.22. The topological polar surface area (TPSA) is 54.4 Å². The van der Waals surface area contributed by atoms with Crippen molar-refractivity contribution in [1.82, 2.24) is 0 Å². The van der Waals surface area contributed by atoms with Crippen molar-refractivity contribution in [2.45, 2.75) is 33.1 Å². The van der Waals surface area contributed by atoms with E-state index in [1.54, 1.807) is 0 Å². The summed E-state index contributed by atoms with van der Waals surface area (Å²) in [4.78, 5) is 22.4. The van der Waals surface area contributed by atoms with Gasteiger partial charge in [0.1, 0.15) is 5.92 Å². The van der Waals surface area contributed by atoms with Gasteiger partial charge >= 0.3 is 5.97 Å². The maximum Gasteiger partial charge on any atom is 0.314 e. The first-order valence-electron chi connectivity index (χ1n) is 5.00. The molecule has 0 aromatic carbocycles. The van der Waals surface area contributed by atoms with E-state index in [2.05, 4.69) is 0 Å². The Balaban J connectivity index is 2.87. The van der Waals surface area contributed by atoms with E-state index in [9.17, 15) is 9.59 Å². The van der Waals surface area contributed by atoms with Crippen LogP contribution in [0, 0.1) is 11.8 Å². The molecule has 0 aliphatic heterocycles. The van der Waals surface area contributed by atoms with E-state index in [1.165, 1.54) is 6.08 Å². The molecule has 3 heteroatoms. The van der Waals surface area contributed by atoms with Gasteiger partial charge in [-0.15, -0.1) is 0 Å². The van der Waals surface area contributed by atoms with Crippen LogP contribution in [0.2, 0.25) is 0 Å². The van der Waals surface area contributed by atoms with Crippen LogP contribution in [0.5, 0.6) is 0 Å². The predicted octanol–water partition coefficient (Wildman–Crippen LogP) is 2.02. The number of aliphatic carboxylic acids is 1. The van der Waals surface area contributed by atoms with Crippen LogP contribution in [-0.2, 0) is 9.59 Å². The highest BCUT2D eigenvalue weighted by Gasteiger charge is 2.35. The van der Waals surface area contributed by atoms with Gasteiger partial charge in [-0.25, -0.2) is 0 Å². The Morgan fingerprint density at radius 2 is 2.29 bits per heavy atom. The average Bonchev–Trinajstić information content (AvgIpc) is 2.01. The van der Waals surface area contributed by atoms with Crippen molar-refractivity contribution in [2.75, 3.05) is 0 Å². The van der Waals surface area contributed by atoms with Gasteiger partial charge in [0.2, 0.25) is 0 Å². The molecular formula is C11H16O3. The van der Waals surface area contributed by atoms with E-state index in [0.717, 1.165) is 24.8 Å². The molecule has 0 radical (unpaired) electrons. The largest absolute Gasteiger partial charge is 0.481 e. The number of hydrogen-bond acceptors (Lipinski definition) is 2. The van der Waals surface area contributed by atoms with Crippen LogP contribution in [-0.4, -0.2) is 16.9 Å². The fourth-order valence-corrected chi connectivity index (χ4v) is 2.12. The van der Waals surface area contributed by atoms with Gasteiger partial charge in [-0.2, -0.15) is 0 Å². The van der Waals surface area contributed by atoms with Gasteiger partial charge in [-0.3, -0.25) is 9.59 Å². The van der Waals surface area contributed by atoms with Crippen LogP contribution in [0.1, 0.15) is 33.1 Å². The molecule has 14 heavy (non-hydrogen) atoms. The van der Waals surface area contributed by atoms with Crippen molar-refractivity contribution in [2.24, 2.45) is 11.8 Å². The van der Waals surface area contributed by atoms with Crippen LogP contribution in [0.25, 0.3) is 0 Å². The SMILES string of the molecule is CCCC1CC(C)=CC(=O)C1C(=O)O. The lowest BCUT2D eigenvalue weighted by Crippen LogP contribution is -2.33. The smallest absolute Gasteiger partial charge is 0.314 e. The van der Waals surface area contributed by atoms with Crippen LogP contribution < -0.4 is 0 Å². The number of allylic oxidation sites excluding steroid dienone is 2. The fraction of sp³-hybridized carbons (Fsp3) is 0.636. The van der Waals surface area contributed by atoms with Crippen molar-refractivity contribution in [1.29, 1.82) is 0 Å². The van der Waals surface area contributed by atoms with Gasteiger partial charge in [-0.1, -0.05) is 18.9 Å². The number of ketones is 1. The monoisotopic (exact) mass is 196 g/mol. The molecule has 0 saturated carbocycles. The molecular weight excluding hydrogens is 180 g/mol. The van der Waals surface area contributed by atoms with Gasteiger partial charge in [0, 0.05) is 0 Å². The maximum atomic E-state index is 11.5. The third-order valence-corrected chi connectivity index (χ3v) is 2.68. The number of hydrogen-bond donors (Lipinski definition) is 1. The fourth-order valence-electron chi connectivity index (χ4n) is 2.12. The molecule has 2 atom stereocenters. The van der Waals surface area contributed by atoms with E-state index in [1.807, 2.05) is 13.8 Å². The predicted molar refractivity (Wildman–Crippen MR) is 52.9 cm³/mol. The summed E-state index contributed by atoms with van der Waals surface area (Å²) in [6.07, 6.45) is 3.96. The Bertz CT molecular complexity index is 278. The first-order valence-corrected chi connectivity index (χ1v) is 5.00. The normalized spacial score (nSPS) is 27.3. The van der Waals surface area contributed by atoms with Gasteiger partial charge in [0.05, 0.1) is 0 Å². The summed E-state index contributed by atoms with van der Waals surface area (Å²) in [7, 11) is 0. The molecule has 0 heterocycles. The lowest BCUT2D eigenvalue weighted by Gasteiger charge is -2.25. The van der Waals surface area contributed by atoms with Crippen LogP contribution >= 0.6 is 0 Å².